The quantitative estimate of drug-likeness (QED) is 0.256. The van der Waals surface area contributed by atoms with E-state index in [4.69, 9.17) is 21.4 Å². The van der Waals surface area contributed by atoms with E-state index in [0.717, 1.165) is 16.8 Å². The summed E-state index contributed by atoms with van der Waals surface area (Å²) in [6.07, 6.45) is 1.70. The van der Waals surface area contributed by atoms with Crippen LogP contribution in [0.15, 0.2) is 85.1 Å². The highest BCUT2D eigenvalue weighted by molar-refractivity contribution is 6.30. The first-order chi connectivity index (χ1) is 18.5. The number of ether oxygens (including phenoxy) is 1. The molecule has 9 heteroatoms. The number of imidazole rings is 1. The van der Waals surface area contributed by atoms with E-state index in [2.05, 4.69) is 15.3 Å². The summed E-state index contributed by atoms with van der Waals surface area (Å²) in [5.74, 6) is 0.458. The highest BCUT2D eigenvalue weighted by atomic mass is 35.5. The highest BCUT2D eigenvalue weighted by Gasteiger charge is 2.46. The van der Waals surface area contributed by atoms with E-state index in [0.29, 0.717) is 22.2 Å². The maximum Gasteiger partial charge on any atom is 0.325 e. The third kappa shape index (κ3) is 5.14. The van der Waals surface area contributed by atoms with E-state index in [-0.39, 0.29) is 25.0 Å². The number of halogens is 1. The zero-order chi connectivity index (χ0) is 26.6. The Morgan fingerprint density at radius 2 is 1.74 bits per heavy atom. The fraction of sp³-hybridized carbons (Fsp3) is 0.207. The number of H-pyrrole nitrogens is 1. The molecule has 0 radical (unpaired) electrons. The Bertz CT molecular complexity index is 1410. The summed E-state index contributed by atoms with van der Waals surface area (Å²) in [6, 6.07) is 22.0. The molecule has 8 nitrogen and oxygen atoms in total. The standard InChI is InChI=1S/C29H27ClN4O4/c1-18(19-5-3-2-4-6-19)26(27-31-17-24(32-27)20-7-11-22(30)12-8-20)34-28(36)25(33-29(34)37)21-9-13-23(14-10-21)38-16-15-35/h2-14,17-18,25-26,35H,15-16H2,1H3,(H,31,32)(H,33,37)/t18-,25+,26-/m0/s1. The second-order valence-electron chi connectivity index (χ2n) is 9.07. The number of rotatable bonds is 9. The van der Waals surface area contributed by atoms with Crippen LogP contribution in [0.1, 0.15) is 41.9 Å². The second kappa shape index (κ2) is 11.1. The zero-order valence-corrected chi connectivity index (χ0v) is 21.4. The van der Waals surface area contributed by atoms with Crippen molar-refractivity contribution in [3.63, 3.8) is 0 Å². The molecule has 2 heterocycles. The number of aromatic amines is 1. The number of imide groups is 1. The van der Waals surface area contributed by atoms with Crippen molar-refractivity contribution in [1.82, 2.24) is 20.2 Å². The van der Waals surface area contributed by atoms with Gasteiger partial charge >= 0.3 is 6.03 Å². The van der Waals surface area contributed by atoms with Crippen LogP contribution in [0.3, 0.4) is 0 Å². The van der Waals surface area contributed by atoms with Gasteiger partial charge in [0.05, 0.1) is 18.5 Å². The first-order valence-electron chi connectivity index (χ1n) is 12.3. The van der Waals surface area contributed by atoms with Gasteiger partial charge in [-0.25, -0.2) is 9.78 Å². The van der Waals surface area contributed by atoms with Crippen molar-refractivity contribution in [2.75, 3.05) is 13.2 Å². The van der Waals surface area contributed by atoms with E-state index in [1.54, 1.807) is 42.6 Å². The van der Waals surface area contributed by atoms with E-state index >= 15 is 0 Å². The molecule has 0 bridgehead atoms. The first kappa shape index (κ1) is 25.5. The van der Waals surface area contributed by atoms with Crippen LogP contribution in [0.2, 0.25) is 5.02 Å². The fourth-order valence-electron chi connectivity index (χ4n) is 4.69. The number of hydrogen-bond donors (Lipinski definition) is 3. The molecule has 1 aliphatic rings. The van der Waals surface area contributed by atoms with Crippen molar-refractivity contribution in [1.29, 1.82) is 0 Å². The average Bonchev–Trinajstić information content (AvgIpc) is 3.54. The van der Waals surface area contributed by atoms with Crippen LogP contribution in [-0.4, -0.2) is 45.1 Å². The normalized spacial score (nSPS) is 16.8. The second-order valence-corrected chi connectivity index (χ2v) is 9.50. The Labute approximate surface area is 225 Å². The van der Waals surface area contributed by atoms with Crippen molar-refractivity contribution in [2.45, 2.75) is 24.9 Å². The summed E-state index contributed by atoms with van der Waals surface area (Å²) in [5, 5.41) is 12.4. The molecule has 3 aromatic carbocycles. The molecule has 3 amide bonds. The van der Waals surface area contributed by atoms with Crippen molar-refractivity contribution in [2.24, 2.45) is 0 Å². The summed E-state index contributed by atoms with van der Waals surface area (Å²) in [6.45, 7) is 2.06. The number of urea groups is 1. The van der Waals surface area contributed by atoms with Gasteiger partial charge < -0.3 is 20.1 Å². The molecular formula is C29H27ClN4O4. The molecule has 1 aliphatic heterocycles. The number of amides is 3. The summed E-state index contributed by atoms with van der Waals surface area (Å²) < 4.78 is 5.41. The monoisotopic (exact) mass is 530 g/mol. The lowest BCUT2D eigenvalue weighted by Gasteiger charge is -2.29. The third-order valence-electron chi connectivity index (χ3n) is 6.65. The Hall–Kier alpha value is -4.14. The SMILES string of the molecule is C[C@@H](c1ccccc1)[C@@H](c1ncc(-c2ccc(Cl)cc2)[nH]1)N1C(=O)N[C@H](c2ccc(OCCO)cc2)C1=O. The van der Waals surface area contributed by atoms with Gasteiger partial charge in [0.25, 0.3) is 5.91 Å². The number of carbonyl (C=O) groups is 2. The Morgan fingerprint density at radius 1 is 1.03 bits per heavy atom. The maximum absolute atomic E-state index is 13.8. The summed E-state index contributed by atoms with van der Waals surface area (Å²) in [7, 11) is 0. The van der Waals surface area contributed by atoms with E-state index in [1.807, 2.05) is 49.4 Å². The largest absolute Gasteiger partial charge is 0.491 e. The van der Waals surface area contributed by atoms with Crippen LogP contribution in [-0.2, 0) is 4.79 Å². The Kier molecular flexibility index (Phi) is 7.44. The van der Waals surface area contributed by atoms with Gasteiger partial charge in [-0.1, -0.05) is 73.1 Å². The predicted molar refractivity (Wildman–Crippen MR) is 144 cm³/mol. The van der Waals surface area contributed by atoms with Gasteiger partial charge in [0.1, 0.15) is 30.3 Å². The molecule has 0 aliphatic carbocycles. The van der Waals surface area contributed by atoms with E-state index in [9.17, 15) is 9.59 Å². The molecule has 1 aromatic heterocycles. The third-order valence-corrected chi connectivity index (χ3v) is 6.90. The van der Waals surface area contributed by atoms with Crippen molar-refractivity contribution in [3.8, 4) is 17.0 Å². The van der Waals surface area contributed by atoms with Crippen molar-refractivity contribution in [3.05, 3.63) is 107 Å². The topological polar surface area (TPSA) is 108 Å². The number of carbonyl (C=O) groups excluding carboxylic acids is 2. The summed E-state index contributed by atoms with van der Waals surface area (Å²) >= 11 is 6.05. The van der Waals surface area contributed by atoms with Crippen LogP contribution < -0.4 is 10.1 Å². The molecule has 3 atom stereocenters. The number of hydrogen-bond acceptors (Lipinski definition) is 5. The lowest BCUT2D eigenvalue weighted by atomic mass is 9.91. The molecule has 5 rings (SSSR count). The molecule has 194 valence electrons. The van der Waals surface area contributed by atoms with Gasteiger partial charge in [-0.2, -0.15) is 0 Å². The van der Waals surface area contributed by atoms with Crippen LogP contribution in [0.5, 0.6) is 5.75 Å². The maximum atomic E-state index is 13.8. The lowest BCUT2D eigenvalue weighted by molar-refractivity contribution is -0.129. The predicted octanol–water partition coefficient (Wildman–Crippen LogP) is 5.24. The number of nitrogens with one attached hydrogen (secondary N) is 2. The molecule has 0 saturated carbocycles. The molecule has 1 saturated heterocycles. The number of benzene rings is 3. The average molecular weight is 531 g/mol. The lowest BCUT2D eigenvalue weighted by Crippen LogP contribution is -2.38. The van der Waals surface area contributed by atoms with Gasteiger partial charge in [0.15, 0.2) is 0 Å². The Morgan fingerprint density at radius 3 is 2.42 bits per heavy atom. The van der Waals surface area contributed by atoms with Gasteiger partial charge in [0, 0.05) is 10.9 Å². The van der Waals surface area contributed by atoms with Crippen LogP contribution in [0.25, 0.3) is 11.3 Å². The highest BCUT2D eigenvalue weighted by Crippen LogP contribution is 2.39. The molecule has 3 N–H and O–H groups in total. The summed E-state index contributed by atoms with van der Waals surface area (Å²) in [5.41, 5.74) is 3.24. The summed E-state index contributed by atoms with van der Waals surface area (Å²) in [4.78, 5) is 36.3. The molecular weight excluding hydrogens is 504 g/mol. The molecule has 38 heavy (non-hydrogen) atoms. The molecule has 4 aromatic rings. The zero-order valence-electron chi connectivity index (χ0n) is 20.7. The van der Waals surface area contributed by atoms with Crippen molar-refractivity contribution < 1.29 is 19.4 Å². The molecule has 0 spiro atoms. The van der Waals surface area contributed by atoms with Crippen molar-refractivity contribution >= 4 is 23.5 Å². The molecule has 0 unspecified atom stereocenters. The van der Waals surface area contributed by atoms with Gasteiger partial charge in [-0.3, -0.25) is 9.69 Å². The van der Waals surface area contributed by atoms with E-state index < -0.39 is 18.1 Å². The van der Waals surface area contributed by atoms with Gasteiger partial charge in [-0.15, -0.1) is 0 Å². The minimum Gasteiger partial charge on any atom is -0.491 e. The fourth-order valence-corrected chi connectivity index (χ4v) is 4.81. The Balaban J connectivity index is 1.48. The van der Waals surface area contributed by atoms with Crippen LogP contribution >= 0.6 is 11.6 Å². The number of aromatic nitrogens is 2. The number of aliphatic hydroxyl groups is 1. The first-order valence-corrected chi connectivity index (χ1v) is 12.7. The van der Waals surface area contributed by atoms with E-state index in [1.165, 1.54) is 4.90 Å². The smallest absolute Gasteiger partial charge is 0.325 e. The van der Waals surface area contributed by atoms with Gasteiger partial charge in [0.2, 0.25) is 0 Å². The molecule has 1 fully saturated rings. The van der Waals surface area contributed by atoms with Crippen LogP contribution in [0, 0.1) is 0 Å². The number of aliphatic hydroxyl groups excluding tert-OH is 1. The van der Waals surface area contributed by atoms with Gasteiger partial charge in [-0.05, 0) is 41.0 Å². The number of nitrogens with zero attached hydrogens (tertiary/aromatic N) is 2. The minimum absolute atomic E-state index is 0.0959. The minimum atomic E-state index is -0.842. The van der Waals surface area contributed by atoms with Crippen LogP contribution in [0.4, 0.5) is 4.79 Å².